The van der Waals surface area contributed by atoms with Gasteiger partial charge in [0.05, 0.1) is 11.8 Å². The second kappa shape index (κ2) is 13.0. The lowest BCUT2D eigenvalue weighted by Gasteiger charge is -2.34. The minimum absolute atomic E-state index is 0.0306. The summed E-state index contributed by atoms with van der Waals surface area (Å²) < 4.78 is 0. The maximum Gasteiger partial charge on any atom is 0.313 e. The van der Waals surface area contributed by atoms with Gasteiger partial charge in [-0.25, -0.2) is 0 Å². The van der Waals surface area contributed by atoms with Crippen LogP contribution in [0, 0.1) is 0 Å². The molecule has 0 bridgehead atoms. The summed E-state index contributed by atoms with van der Waals surface area (Å²) >= 11 is 1.41. The number of thioether (sulfide) groups is 1. The van der Waals surface area contributed by atoms with Gasteiger partial charge in [-0.3, -0.25) is 14.4 Å². The number of hydrogen-bond acceptors (Lipinski definition) is 4. The number of hydrogen-bond donors (Lipinski definition) is 1. The number of aliphatic carboxylic acids is 1. The Morgan fingerprint density at radius 1 is 1.28 bits per heavy atom. The van der Waals surface area contributed by atoms with Crippen molar-refractivity contribution in [2.75, 3.05) is 18.1 Å². The summed E-state index contributed by atoms with van der Waals surface area (Å²) in [6, 6.07) is 0.0306. The lowest BCUT2D eigenvalue weighted by molar-refractivity contribution is -0.135. The SMILES string of the molecule is CCCCCC(=O)C=C[C@H]1CCCC(=O)N1CCCCSCC(=O)O. The number of allylic oxidation sites excluding steroid dienone is 1. The molecule has 1 aliphatic rings. The Labute approximate surface area is 155 Å². The van der Waals surface area contributed by atoms with Gasteiger partial charge in [-0.05, 0) is 43.9 Å². The Hall–Kier alpha value is -1.30. The molecule has 1 saturated heterocycles. The number of likely N-dealkylation sites (tertiary alicyclic amines) is 1. The van der Waals surface area contributed by atoms with E-state index >= 15 is 0 Å². The van der Waals surface area contributed by atoms with Crippen LogP contribution in [0.2, 0.25) is 0 Å². The molecule has 1 fully saturated rings. The molecule has 0 saturated carbocycles. The van der Waals surface area contributed by atoms with E-state index in [0.717, 1.165) is 50.7 Å². The van der Waals surface area contributed by atoms with E-state index in [4.69, 9.17) is 5.11 Å². The van der Waals surface area contributed by atoms with E-state index in [-0.39, 0.29) is 23.5 Å². The summed E-state index contributed by atoms with van der Waals surface area (Å²) in [5, 5.41) is 8.61. The van der Waals surface area contributed by atoms with Crippen LogP contribution in [-0.4, -0.2) is 51.8 Å². The van der Waals surface area contributed by atoms with Gasteiger partial charge in [0.2, 0.25) is 5.91 Å². The van der Waals surface area contributed by atoms with Crippen LogP contribution in [0.3, 0.4) is 0 Å². The van der Waals surface area contributed by atoms with Crippen LogP contribution in [0.5, 0.6) is 0 Å². The highest BCUT2D eigenvalue weighted by molar-refractivity contribution is 7.99. The summed E-state index contributed by atoms with van der Waals surface area (Å²) in [7, 11) is 0. The number of carboxylic acid groups (broad SMARTS) is 1. The average molecular weight is 370 g/mol. The number of nitrogens with zero attached hydrogens (tertiary/aromatic N) is 1. The molecule has 25 heavy (non-hydrogen) atoms. The predicted octanol–water partition coefficient (Wildman–Crippen LogP) is 3.67. The first-order chi connectivity index (χ1) is 12.0. The summed E-state index contributed by atoms with van der Waals surface area (Å²) in [6.07, 6.45) is 11.4. The fourth-order valence-corrected chi connectivity index (χ4v) is 3.66. The van der Waals surface area contributed by atoms with Crippen LogP contribution in [0.15, 0.2) is 12.2 Å². The van der Waals surface area contributed by atoms with Gasteiger partial charge in [-0.15, -0.1) is 0 Å². The topological polar surface area (TPSA) is 74.7 Å². The fraction of sp³-hybridized carbons (Fsp3) is 0.737. The molecule has 0 aliphatic carbocycles. The van der Waals surface area contributed by atoms with Crippen LogP contribution < -0.4 is 0 Å². The molecule has 1 aliphatic heterocycles. The van der Waals surface area contributed by atoms with Crippen LogP contribution in [0.1, 0.15) is 64.7 Å². The lowest BCUT2D eigenvalue weighted by atomic mass is 9.99. The minimum atomic E-state index is -0.787. The highest BCUT2D eigenvalue weighted by atomic mass is 32.2. The normalized spacial score (nSPS) is 18.0. The van der Waals surface area contributed by atoms with E-state index < -0.39 is 5.97 Å². The maximum atomic E-state index is 12.2. The molecule has 0 radical (unpaired) electrons. The third-order valence-corrected chi connectivity index (χ3v) is 5.33. The van der Waals surface area contributed by atoms with Crippen LogP contribution in [-0.2, 0) is 14.4 Å². The summed E-state index contributed by atoms with van der Waals surface area (Å²) in [5.41, 5.74) is 0. The minimum Gasteiger partial charge on any atom is -0.481 e. The van der Waals surface area contributed by atoms with Crippen LogP contribution in [0.25, 0.3) is 0 Å². The molecule has 1 heterocycles. The zero-order valence-corrected chi connectivity index (χ0v) is 16.1. The van der Waals surface area contributed by atoms with Crippen molar-refractivity contribution in [3.8, 4) is 0 Å². The third-order valence-electron chi connectivity index (χ3n) is 4.31. The Balaban J connectivity index is 2.38. The van der Waals surface area contributed by atoms with Crippen molar-refractivity contribution in [1.29, 1.82) is 0 Å². The third kappa shape index (κ3) is 9.68. The van der Waals surface area contributed by atoms with Crippen LogP contribution in [0.4, 0.5) is 0 Å². The molecule has 0 aromatic carbocycles. The van der Waals surface area contributed by atoms with E-state index in [1.54, 1.807) is 6.08 Å². The van der Waals surface area contributed by atoms with Gasteiger partial charge in [0.25, 0.3) is 0 Å². The fourth-order valence-electron chi connectivity index (χ4n) is 2.93. The zero-order valence-electron chi connectivity index (χ0n) is 15.2. The predicted molar refractivity (Wildman–Crippen MR) is 102 cm³/mol. The first kappa shape index (κ1) is 21.7. The highest BCUT2D eigenvalue weighted by Crippen LogP contribution is 2.20. The van der Waals surface area contributed by atoms with Crippen molar-refractivity contribution in [3.63, 3.8) is 0 Å². The summed E-state index contributed by atoms with van der Waals surface area (Å²) in [6.45, 7) is 2.80. The lowest BCUT2D eigenvalue weighted by Crippen LogP contribution is -2.43. The molecule has 0 spiro atoms. The Morgan fingerprint density at radius 3 is 2.80 bits per heavy atom. The maximum absolute atomic E-state index is 12.2. The molecule has 1 N–H and O–H groups in total. The average Bonchev–Trinajstić information content (AvgIpc) is 2.57. The van der Waals surface area contributed by atoms with Crippen molar-refractivity contribution in [1.82, 2.24) is 4.90 Å². The van der Waals surface area contributed by atoms with Gasteiger partial charge < -0.3 is 10.0 Å². The number of unbranched alkanes of at least 4 members (excludes halogenated alkanes) is 3. The number of carboxylic acids is 1. The second-order valence-corrected chi connectivity index (χ2v) is 7.59. The van der Waals surface area contributed by atoms with Crippen molar-refractivity contribution < 1.29 is 19.5 Å². The Bertz CT molecular complexity index is 464. The molecule has 1 atom stereocenters. The molecule has 0 aromatic heterocycles. The first-order valence-corrected chi connectivity index (χ1v) is 10.5. The van der Waals surface area contributed by atoms with E-state index in [2.05, 4.69) is 6.92 Å². The van der Waals surface area contributed by atoms with E-state index in [1.165, 1.54) is 11.8 Å². The first-order valence-electron chi connectivity index (χ1n) is 9.34. The molecule has 0 unspecified atom stereocenters. The van der Waals surface area contributed by atoms with Gasteiger partial charge in [0, 0.05) is 19.4 Å². The molecular weight excluding hydrogens is 338 g/mol. The van der Waals surface area contributed by atoms with Gasteiger partial charge in [0.1, 0.15) is 0 Å². The number of carbonyl (C=O) groups excluding carboxylic acids is 2. The van der Waals surface area contributed by atoms with E-state index in [9.17, 15) is 14.4 Å². The number of amides is 1. The van der Waals surface area contributed by atoms with Crippen molar-refractivity contribution in [3.05, 3.63) is 12.2 Å². The summed E-state index contributed by atoms with van der Waals surface area (Å²) in [4.78, 5) is 36.4. The smallest absolute Gasteiger partial charge is 0.313 e. The Kier molecular flexibility index (Phi) is 11.3. The molecule has 6 heteroatoms. The van der Waals surface area contributed by atoms with Gasteiger partial charge in [-0.2, -0.15) is 11.8 Å². The Morgan fingerprint density at radius 2 is 2.08 bits per heavy atom. The monoisotopic (exact) mass is 369 g/mol. The molecule has 0 aromatic rings. The zero-order chi connectivity index (χ0) is 18.5. The van der Waals surface area contributed by atoms with E-state index in [0.29, 0.717) is 19.4 Å². The van der Waals surface area contributed by atoms with Crippen LogP contribution >= 0.6 is 11.8 Å². The van der Waals surface area contributed by atoms with Gasteiger partial charge >= 0.3 is 5.97 Å². The quantitative estimate of drug-likeness (QED) is 0.396. The summed E-state index contributed by atoms with van der Waals surface area (Å²) in [5.74, 6) is 0.456. The number of rotatable bonds is 13. The van der Waals surface area contributed by atoms with Gasteiger partial charge in [0.15, 0.2) is 5.78 Å². The molecule has 1 amide bonds. The van der Waals surface area contributed by atoms with Crippen molar-refractivity contribution in [2.45, 2.75) is 70.8 Å². The number of piperidine rings is 1. The van der Waals surface area contributed by atoms with Gasteiger partial charge in [-0.1, -0.05) is 25.8 Å². The number of carbonyl (C=O) groups is 3. The largest absolute Gasteiger partial charge is 0.481 e. The standard InChI is InChI=1S/C19H31NO4S/c1-2-3-4-9-17(21)12-11-16-8-7-10-18(22)20(16)13-5-6-14-25-15-19(23)24/h11-12,16H,2-10,13-15H2,1H3,(H,23,24)/t16-/m1/s1. The van der Waals surface area contributed by atoms with Crippen molar-refractivity contribution in [2.24, 2.45) is 0 Å². The molecule has 5 nitrogen and oxygen atoms in total. The number of ketones is 1. The second-order valence-electron chi connectivity index (χ2n) is 6.48. The molecule has 142 valence electrons. The van der Waals surface area contributed by atoms with E-state index in [1.807, 2.05) is 11.0 Å². The molecule has 1 rings (SSSR count). The molecular formula is C19H31NO4S. The highest BCUT2D eigenvalue weighted by Gasteiger charge is 2.25. The van der Waals surface area contributed by atoms with Crippen molar-refractivity contribution >= 4 is 29.4 Å².